The van der Waals surface area contributed by atoms with E-state index in [1.165, 1.54) is 0 Å². The number of aromatic amines is 1. The molecule has 1 aliphatic rings. The highest BCUT2D eigenvalue weighted by Gasteiger charge is 2.33. The number of amides is 1. The Morgan fingerprint density at radius 1 is 1.28 bits per heavy atom. The van der Waals surface area contributed by atoms with Crippen LogP contribution >= 0.6 is 15.9 Å². The second-order valence-electron chi connectivity index (χ2n) is 6.16. The Bertz CT molecular complexity index is 1050. The minimum atomic E-state index is -0.224. The van der Waals surface area contributed by atoms with Gasteiger partial charge in [-0.05, 0) is 42.8 Å². The molecule has 1 saturated heterocycles. The first-order valence-electron chi connectivity index (χ1n) is 7.94. The minimum Gasteiger partial charge on any atom is -0.312 e. The van der Waals surface area contributed by atoms with Crippen LogP contribution in [0.4, 0.5) is 5.69 Å². The number of H-pyrrole nitrogens is 1. The Morgan fingerprint density at radius 2 is 2.12 bits per heavy atom. The monoisotopic (exact) mass is 398 g/mol. The van der Waals surface area contributed by atoms with Gasteiger partial charge in [-0.15, -0.1) is 0 Å². The van der Waals surface area contributed by atoms with Crippen LogP contribution in [0.3, 0.4) is 0 Å². The van der Waals surface area contributed by atoms with Gasteiger partial charge in [0.15, 0.2) is 5.65 Å². The van der Waals surface area contributed by atoms with Crippen molar-refractivity contribution in [1.29, 1.82) is 0 Å². The highest BCUT2D eigenvalue weighted by molar-refractivity contribution is 9.10. The van der Waals surface area contributed by atoms with Gasteiger partial charge in [-0.25, -0.2) is 9.97 Å². The number of aromatic nitrogens is 3. The van der Waals surface area contributed by atoms with Crippen molar-refractivity contribution >= 4 is 38.6 Å². The average molecular weight is 399 g/mol. The first kappa shape index (κ1) is 16.0. The molecule has 0 saturated carbocycles. The summed E-state index contributed by atoms with van der Waals surface area (Å²) in [5.41, 5.74) is 2.11. The number of anilines is 1. The van der Waals surface area contributed by atoms with Crippen molar-refractivity contribution in [1.82, 2.24) is 15.0 Å². The zero-order chi connectivity index (χ0) is 17.6. The standard InChI is InChI=1S/C18H15BrN4O2/c1-10-7-12(4-5-14(10)19)23-9-11(8-15(23)24)16-21-17-13(18(25)22-16)3-2-6-20-17/h2-7,11H,8-9H2,1H3,(H,20,21,22,25)/t11-/m0/s1. The maximum atomic E-state index is 12.5. The van der Waals surface area contributed by atoms with Gasteiger partial charge in [-0.2, -0.15) is 0 Å². The van der Waals surface area contributed by atoms with E-state index in [0.29, 0.717) is 29.8 Å². The van der Waals surface area contributed by atoms with Crippen LogP contribution in [-0.2, 0) is 4.79 Å². The molecule has 1 atom stereocenters. The number of nitrogens with zero attached hydrogens (tertiary/aromatic N) is 3. The van der Waals surface area contributed by atoms with Crippen LogP contribution in [0.25, 0.3) is 11.0 Å². The number of carbonyl (C=O) groups is 1. The van der Waals surface area contributed by atoms with Crippen LogP contribution in [0.5, 0.6) is 0 Å². The zero-order valence-electron chi connectivity index (χ0n) is 13.5. The summed E-state index contributed by atoms with van der Waals surface area (Å²) in [5.74, 6) is 0.381. The van der Waals surface area contributed by atoms with Crippen LogP contribution in [0.2, 0.25) is 0 Å². The van der Waals surface area contributed by atoms with Crippen LogP contribution < -0.4 is 10.5 Å². The molecule has 1 aliphatic heterocycles. The summed E-state index contributed by atoms with van der Waals surface area (Å²) >= 11 is 3.47. The quantitative estimate of drug-likeness (QED) is 0.719. The lowest BCUT2D eigenvalue weighted by molar-refractivity contribution is -0.117. The highest BCUT2D eigenvalue weighted by Crippen LogP contribution is 2.32. The maximum Gasteiger partial charge on any atom is 0.260 e. The molecule has 1 N–H and O–H groups in total. The van der Waals surface area contributed by atoms with Gasteiger partial charge in [0.2, 0.25) is 5.91 Å². The number of hydrogen-bond donors (Lipinski definition) is 1. The van der Waals surface area contributed by atoms with Gasteiger partial charge in [0.25, 0.3) is 5.56 Å². The van der Waals surface area contributed by atoms with E-state index in [-0.39, 0.29) is 17.4 Å². The molecule has 1 amide bonds. The molecule has 7 heteroatoms. The van der Waals surface area contributed by atoms with E-state index in [0.717, 1.165) is 15.7 Å². The Hall–Kier alpha value is -2.54. The number of carbonyl (C=O) groups excluding carboxylic acids is 1. The largest absolute Gasteiger partial charge is 0.312 e. The van der Waals surface area contributed by atoms with E-state index < -0.39 is 0 Å². The molecular formula is C18H15BrN4O2. The SMILES string of the molecule is Cc1cc(N2C[C@@H](c3nc4ncccc4c(=O)[nH]3)CC2=O)ccc1Br. The summed E-state index contributed by atoms with van der Waals surface area (Å²) in [7, 11) is 0. The number of aryl methyl sites for hydroxylation is 1. The van der Waals surface area contributed by atoms with E-state index in [4.69, 9.17) is 0 Å². The fourth-order valence-electron chi connectivity index (χ4n) is 3.12. The number of benzene rings is 1. The third kappa shape index (κ3) is 2.84. The summed E-state index contributed by atoms with van der Waals surface area (Å²) in [6.07, 6.45) is 1.92. The van der Waals surface area contributed by atoms with Gasteiger partial charge in [0.05, 0.1) is 5.39 Å². The van der Waals surface area contributed by atoms with Gasteiger partial charge in [0.1, 0.15) is 5.82 Å². The summed E-state index contributed by atoms with van der Waals surface area (Å²) < 4.78 is 1.01. The van der Waals surface area contributed by atoms with Gasteiger partial charge < -0.3 is 9.88 Å². The molecule has 6 nitrogen and oxygen atoms in total. The smallest absolute Gasteiger partial charge is 0.260 e. The van der Waals surface area contributed by atoms with E-state index in [9.17, 15) is 9.59 Å². The average Bonchev–Trinajstić information content (AvgIpc) is 2.99. The van der Waals surface area contributed by atoms with Crippen molar-refractivity contribution in [3.8, 4) is 0 Å². The predicted octanol–water partition coefficient (Wildman–Crippen LogP) is 2.91. The van der Waals surface area contributed by atoms with Gasteiger partial charge in [0, 0.05) is 35.2 Å². The molecule has 3 aromatic rings. The maximum absolute atomic E-state index is 12.5. The molecule has 0 aliphatic carbocycles. The number of halogens is 1. The molecule has 0 unspecified atom stereocenters. The van der Waals surface area contributed by atoms with Crippen LogP contribution in [-0.4, -0.2) is 27.4 Å². The Balaban J connectivity index is 1.68. The summed E-state index contributed by atoms with van der Waals surface area (Å²) in [6.45, 7) is 2.47. The van der Waals surface area contributed by atoms with E-state index >= 15 is 0 Å². The zero-order valence-corrected chi connectivity index (χ0v) is 15.1. The summed E-state index contributed by atoms with van der Waals surface area (Å²) in [6, 6.07) is 9.22. The number of fused-ring (bicyclic) bond motifs is 1. The van der Waals surface area contributed by atoms with Crippen LogP contribution in [0.15, 0.2) is 45.8 Å². The van der Waals surface area contributed by atoms with E-state index in [1.54, 1.807) is 23.2 Å². The Morgan fingerprint density at radius 3 is 2.92 bits per heavy atom. The molecule has 0 bridgehead atoms. The normalized spacial score (nSPS) is 17.4. The molecule has 2 aromatic heterocycles. The van der Waals surface area contributed by atoms with Crippen molar-refractivity contribution < 1.29 is 4.79 Å². The van der Waals surface area contributed by atoms with Crippen molar-refractivity contribution in [2.24, 2.45) is 0 Å². The first-order chi connectivity index (χ1) is 12.0. The second kappa shape index (κ2) is 6.07. The summed E-state index contributed by atoms with van der Waals surface area (Å²) in [5, 5.41) is 0.455. The molecule has 3 heterocycles. The molecule has 0 radical (unpaired) electrons. The molecule has 25 heavy (non-hydrogen) atoms. The number of pyridine rings is 1. The van der Waals surface area contributed by atoms with E-state index in [2.05, 4.69) is 30.9 Å². The molecule has 1 aromatic carbocycles. The fourth-order valence-corrected chi connectivity index (χ4v) is 3.37. The lowest BCUT2D eigenvalue weighted by atomic mass is 10.1. The lowest BCUT2D eigenvalue weighted by Crippen LogP contribution is -2.24. The van der Waals surface area contributed by atoms with Gasteiger partial charge >= 0.3 is 0 Å². The molecule has 4 rings (SSSR count). The minimum absolute atomic E-state index is 0.0236. The second-order valence-corrected chi connectivity index (χ2v) is 7.02. The van der Waals surface area contributed by atoms with Crippen molar-refractivity contribution in [3.05, 3.63) is 62.7 Å². The highest BCUT2D eigenvalue weighted by atomic mass is 79.9. The van der Waals surface area contributed by atoms with E-state index in [1.807, 2.05) is 25.1 Å². The third-order valence-corrected chi connectivity index (χ3v) is 5.35. The third-order valence-electron chi connectivity index (χ3n) is 4.46. The Labute approximate surface area is 152 Å². The van der Waals surface area contributed by atoms with Crippen molar-refractivity contribution in [2.75, 3.05) is 11.4 Å². The lowest BCUT2D eigenvalue weighted by Gasteiger charge is -2.17. The molecular weight excluding hydrogens is 384 g/mol. The number of rotatable bonds is 2. The van der Waals surface area contributed by atoms with Crippen LogP contribution in [0.1, 0.15) is 23.7 Å². The van der Waals surface area contributed by atoms with Gasteiger partial charge in [-0.3, -0.25) is 9.59 Å². The van der Waals surface area contributed by atoms with Gasteiger partial charge in [-0.1, -0.05) is 15.9 Å². The fraction of sp³-hybridized carbons (Fsp3) is 0.222. The topological polar surface area (TPSA) is 79.0 Å². The molecule has 0 spiro atoms. The Kier molecular flexibility index (Phi) is 3.88. The molecule has 126 valence electrons. The predicted molar refractivity (Wildman–Crippen MR) is 98.7 cm³/mol. The number of hydrogen-bond acceptors (Lipinski definition) is 4. The number of nitrogens with one attached hydrogen (secondary N) is 1. The van der Waals surface area contributed by atoms with Crippen molar-refractivity contribution in [3.63, 3.8) is 0 Å². The molecule has 1 fully saturated rings. The van der Waals surface area contributed by atoms with Crippen molar-refractivity contribution in [2.45, 2.75) is 19.3 Å². The van der Waals surface area contributed by atoms with Crippen LogP contribution in [0, 0.1) is 6.92 Å². The summed E-state index contributed by atoms with van der Waals surface area (Å²) in [4.78, 5) is 37.9. The first-order valence-corrected chi connectivity index (χ1v) is 8.73.